The van der Waals surface area contributed by atoms with E-state index in [1.165, 1.54) is 0 Å². The Hall–Kier alpha value is -0.880. The molecular formula is C13H15BrN2OS. The van der Waals surface area contributed by atoms with E-state index in [2.05, 4.69) is 27.4 Å². The molecule has 1 aromatic heterocycles. The van der Waals surface area contributed by atoms with Crippen molar-refractivity contribution in [2.45, 2.75) is 13.0 Å². The quantitative estimate of drug-likeness (QED) is 0.653. The van der Waals surface area contributed by atoms with Crippen LogP contribution in [-0.4, -0.2) is 6.61 Å². The fraction of sp³-hybridized carbons (Fsp3) is 0.231. The molecule has 0 bridgehead atoms. The Kier molecular flexibility index (Phi) is 4.77. The van der Waals surface area contributed by atoms with Crippen molar-refractivity contribution in [1.29, 1.82) is 0 Å². The van der Waals surface area contributed by atoms with Gasteiger partial charge in [-0.05, 0) is 52.7 Å². The highest BCUT2D eigenvalue weighted by molar-refractivity contribution is 9.11. The lowest BCUT2D eigenvalue weighted by atomic mass is 10.1. The topological polar surface area (TPSA) is 47.3 Å². The molecule has 18 heavy (non-hydrogen) atoms. The molecule has 0 aliphatic carbocycles. The lowest BCUT2D eigenvalue weighted by molar-refractivity contribution is 0.339. The molecule has 0 saturated heterocycles. The largest absolute Gasteiger partial charge is 0.494 e. The Bertz CT molecular complexity index is 515. The number of hydrogen-bond donors (Lipinski definition) is 2. The van der Waals surface area contributed by atoms with Crippen LogP contribution in [0.15, 0.2) is 40.2 Å². The third-order valence-corrected chi connectivity index (χ3v) is 4.24. The van der Waals surface area contributed by atoms with Crippen LogP contribution in [0.2, 0.25) is 0 Å². The molecule has 2 rings (SSSR count). The summed E-state index contributed by atoms with van der Waals surface area (Å²) in [5.41, 5.74) is 3.95. The van der Waals surface area contributed by atoms with Gasteiger partial charge in [-0.15, -0.1) is 11.3 Å². The molecule has 0 radical (unpaired) electrons. The minimum Gasteiger partial charge on any atom is -0.494 e. The van der Waals surface area contributed by atoms with Crippen molar-refractivity contribution < 1.29 is 4.74 Å². The summed E-state index contributed by atoms with van der Waals surface area (Å²) in [5, 5.41) is 0. The summed E-state index contributed by atoms with van der Waals surface area (Å²) in [6.45, 7) is 2.64. The molecule has 5 heteroatoms. The number of thiophene rings is 1. The van der Waals surface area contributed by atoms with Crippen LogP contribution >= 0.6 is 27.3 Å². The van der Waals surface area contributed by atoms with Crippen LogP contribution in [0.4, 0.5) is 0 Å². The van der Waals surface area contributed by atoms with Gasteiger partial charge in [0.15, 0.2) is 0 Å². The molecule has 0 saturated carbocycles. The van der Waals surface area contributed by atoms with Gasteiger partial charge in [-0.25, -0.2) is 5.43 Å². The zero-order chi connectivity index (χ0) is 13.0. The minimum absolute atomic E-state index is 0.0123. The fourth-order valence-corrected chi connectivity index (χ4v) is 3.29. The summed E-state index contributed by atoms with van der Waals surface area (Å²) in [6.07, 6.45) is 0. The van der Waals surface area contributed by atoms with Gasteiger partial charge in [-0.1, -0.05) is 12.1 Å². The first-order valence-corrected chi connectivity index (χ1v) is 7.29. The van der Waals surface area contributed by atoms with Gasteiger partial charge in [0.05, 0.1) is 16.4 Å². The highest BCUT2D eigenvalue weighted by Crippen LogP contribution is 2.31. The predicted molar refractivity (Wildman–Crippen MR) is 78.8 cm³/mol. The fourth-order valence-electron chi connectivity index (χ4n) is 1.78. The van der Waals surface area contributed by atoms with E-state index >= 15 is 0 Å². The summed E-state index contributed by atoms with van der Waals surface area (Å²) in [4.78, 5) is 1.16. The lowest BCUT2D eigenvalue weighted by Crippen LogP contribution is -2.28. The van der Waals surface area contributed by atoms with Gasteiger partial charge >= 0.3 is 0 Å². The third-order valence-electron chi connectivity index (χ3n) is 2.55. The number of nitrogens with one attached hydrogen (secondary N) is 1. The van der Waals surface area contributed by atoms with Crippen molar-refractivity contribution in [1.82, 2.24) is 5.43 Å². The first-order valence-electron chi connectivity index (χ1n) is 5.68. The Balaban J connectivity index is 2.29. The van der Waals surface area contributed by atoms with Gasteiger partial charge in [0.25, 0.3) is 0 Å². The molecule has 1 unspecified atom stereocenters. The molecule has 1 atom stereocenters. The van der Waals surface area contributed by atoms with Gasteiger partial charge in [0, 0.05) is 4.88 Å². The van der Waals surface area contributed by atoms with Crippen molar-refractivity contribution in [3.05, 3.63) is 50.6 Å². The Morgan fingerprint density at radius 3 is 2.83 bits per heavy atom. The molecular weight excluding hydrogens is 312 g/mol. The van der Waals surface area contributed by atoms with E-state index in [4.69, 9.17) is 10.6 Å². The Labute approximate surface area is 119 Å². The van der Waals surface area contributed by atoms with Gasteiger partial charge < -0.3 is 4.74 Å². The van der Waals surface area contributed by atoms with Crippen molar-refractivity contribution >= 4 is 27.3 Å². The third kappa shape index (κ3) is 3.11. The van der Waals surface area contributed by atoms with Crippen molar-refractivity contribution in [3.8, 4) is 5.75 Å². The highest BCUT2D eigenvalue weighted by atomic mass is 79.9. The number of halogens is 1. The van der Waals surface area contributed by atoms with E-state index < -0.39 is 0 Å². The van der Waals surface area contributed by atoms with Crippen LogP contribution in [0, 0.1) is 0 Å². The van der Waals surface area contributed by atoms with E-state index in [0.29, 0.717) is 6.61 Å². The van der Waals surface area contributed by atoms with E-state index in [9.17, 15) is 0 Å². The van der Waals surface area contributed by atoms with Crippen LogP contribution in [0.25, 0.3) is 0 Å². The smallest absolute Gasteiger partial charge is 0.119 e. The molecule has 0 spiro atoms. The van der Waals surface area contributed by atoms with Crippen LogP contribution in [-0.2, 0) is 0 Å². The zero-order valence-corrected chi connectivity index (χ0v) is 12.4. The summed E-state index contributed by atoms with van der Waals surface area (Å²) in [7, 11) is 0. The minimum atomic E-state index is -0.0123. The average Bonchev–Trinajstić information content (AvgIpc) is 2.78. The second-order valence-corrected chi connectivity index (χ2v) is 6.24. The second-order valence-electron chi connectivity index (χ2n) is 3.75. The Morgan fingerprint density at radius 1 is 1.39 bits per heavy atom. The summed E-state index contributed by atoms with van der Waals surface area (Å²) in [5.74, 6) is 6.54. The number of nitrogens with two attached hydrogens (primary N) is 1. The molecule has 0 aliphatic heterocycles. The molecule has 0 aliphatic rings. The number of hydrazine groups is 1. The van der Waals surface area contributed by atoms with Gasteiger partial charge in [-0.2, -0.15) is 0 Å². The normalized spacial score (nSPS) is 12.4. The maximum absolute atomic E-state index is 5.67. The molecule has 0 amide bonds. The van der Waals surface area contributed by atoms with Gasteiger partial charge in [0.2, 0.25) is 0 Å². The van der Waals surface area contributed by atoms with E-state index in [1.54, 1.807) is 11.3 Å². The van der Waals surface area contributed by atoms with Crippen LogP contribution in [0.5, 0.6) is 5.75 Å². The summed E-state index contributed by atoms with van der Waals surface area (Å²) < 4.78 is 6.60. The van der Waals surface area contributed by atoms with Crippen LogP contribution in [0.3, 0.4) is 0 Å². The van der Waals surface area contributed by atoms with Crippen molar-refractivity contribution in [2.24, 2.45) is 5.84 Å². The molecule has 3 nitrogen and oxygen atoms in total. The summed E-state index contributed by atoms with van der Waals surface area (Å²) in [6, 6.07) is 12.1. The van der Waals surface area contributed by atoms with Crippen molar-refractivity contribution in [3.63, 3.8) is 0 Å². The van der Waals surface area contributed by atoms with E-state index in [-0.39, 0.29) is 6.04 Å². The molecule has 96 valence electrons. The SMILES string of the molecule is CCOc1cccc(C(NN)c2ccc(Br)s2)c1. The maximum atomic E-state index is 5.67. The zero-order valence-electron chi connectivity index (χ0n) is 10.0. The molecule has 0 fully saturated rings. The average molecular weight is 327 g/mol. The predicted octanol–water partition coefficient (Wildman–Crippen LogP) is 3.46. The first-order chi connectivity index (χ1) is 8.74. The van der Waals surface area contributed by atoms with Gasteiger partial charge in [0.1, 0.15) is 5.75 Å². The molecule has 3 N–H and O–H groups in total. The molecule has 1 heterocycles. The maximum Gasteiger partial charge on any atom is 0.119 e. The van der Waals surface area contributed by atoms with E-state index in [1.807, 2.05) is 37.3 Å². The standard InChI is InChI=1S/C13H15BrN2OS/c1-2-17-10-5-3-4-9(8-10)13(16-15)11-6-7-12(14)18-11/h3-8,13,16H,2,15H2,1H3. The number of ether oxygens (including phenoxy) is 1. The second kappa shape index (κ2) is 6.33. The van der Waals surface area contributed by atoms with Crippen molar-refractivity contribution in [2.75, 3.05) is 6.61 Å². The molecule has 2 aromatic rings. The lowest BCUT2D eigenvalue weighted by Gasteiger charge is -2.15. The summed E-state index contributed by atoms with van der Waals surface area (Å²) >= 11 is 5.13. The number of hydrogen-bond acceptors (Lipinski definition) is 4. The molecule has 1 aromatic carbocycles. The Morgan fingerprint density at radius 2 is 2.22 bits per heavy atom. The first kappa shape index (κ1) is 13.5. The monoisotopic (exact) mass is 326 g/mol. The van der Waals surface area contributed by atoms with Crippen LogP contribution < -0.4 is 16.0 Å². The number of benzene rings is 1. The number of rotatable bonds is 5. The highest BCUT2D eigenvalue weighted by Gasteiger charge is 2.15. The van der Waals surface area contributed by atoms with E-state index in [0.717, 1.165) is 20.0 Å². The van der Waals surface area contributed by atoms with Crippen LogP contribution in [0.1, 0.15) is 23.4 Å². The van der Waals surface area contributed by atoms with Gasteiger partial charge in [-0.3, -0.25) is 5.84 Å².